The van der Waals surface area contributed by atoms with Gasteiger partial charge in [0.15, 0.2) is 0 Å². The summed E-state index contributed by atoms with van der Waals surface area (Å²) in [5.41, 5.74) is 5.07. The van der Waals surface area contributed by atoms with Crippen LogP contribution in [-0.2, 0) is 6.42 Å². The number of nitrogens with one attached hydrogen (secondary N) is 1. The van der Waals surface area contributed by atoms with Gasteiger partial charge in [-0.2, -0.15) is 0 Å². The van der Waals surface area contributed by atoms with Gasteiger partial charge in [-0.15, -0.1) is 0 Å². The van der Waals surface area contributed by atoms with Crippen molar-refractivity contribution in [1.82, 2.24) is 14.7 Å². The Morgan fingerprint density at radius 2 is 2.26 bits per heavy atom. The Morgan fingerprint density at radius 3 is 3.00 bits per heavy atom. The molecule has 0 atom stereocenters. The zero-order valence-corrected chi connectivity index (χ0v) is 11.7. The van der Waals surface area contributed by atoms with Crippen LogP contribution in [0, 0.1) is 5.92 Å². The molecule has 1 aliphatic rings. The Hall–Kier alpha value is -1.61. The number of hydrogen-bond donors (Lipinski definition) is 1. The molecule has 0 saturated heterocycles. The van der Waals surface area contributed by atoms with Crippen molar-refractivity contribution < 1.29 is 0 Å². The maximum Gasteiger partial charge on any atom is 0.137 e. The molecule has 0 aliphatic carbocycles. The summed E-state index contributed by atoms with van der Waals surface area (Å²) in [5.74, 6) is 0.631. The molecule has 3 nitrogen and oxygen atoms in total. The predicted molar refractivity (Wildman–Crippen MR) is 79.2 cm³/mol. The third-order valence-electron chi connectivity index (χ3n) is 3.57. The van der Waals surface area contributed by atoms with Gasteiger partial charge in [0, 0.05) is 12.7 Å². The fourth-order valence-electron chi connectivity index (χ4n) is 2.75. The predicted octanol–water partition coefficient (Wildman–Crippen LogP) is 2.91. The molecule has 19 heavy (non-hydrogen) atoms. The normalized spacial score (nSPS) is 16.1. The lowest BCUT2D eigenvalue weighted by Crippen LogP contribution is -2.20. The quantitative estimate of drug-likeness (QED) is 0.913. The van der Waals surface area contributed by atoms with Gasteiger partial charge in [-0.3, -0.25) is 4.40 Å². The second-order valence-corrected chi connectivity index (χ2v) is 5.62. The van der Waals surface area contributed by atoms with Crippen LogP contribution in [0.5, 0.6) is 0 Å². The van der Waals surface area contributed by atoms with Gasteiger partial charge in [0.2, 0.25) is 0 Å². The molecule has 1 N–H and O–H groups in total. The van der Waals surface area contributed by atoms with Crippen LogP contribution in [-0.4, -0.2) is 22.5 Å². The fourth-order valence-corrected chi connectivity index (χ4v) is 2.75. The standard InChI is InChI=1S/C16H21N3/c1-12(2)11-14-16(13-6-8-17-9-7-13)19-10-4-3-5-15(19)18-14/h3-6,10,12,17H,7-9,11H2,1-2H3. The number of pyridine rings is 1. The number of aromatic nitrogens is 2. The van der Waals surface area contributed by atoms with Gasteiger partial charge in [-0.25, -0.2) is 4.98 Å². The van der Waals surface area contributed by atoms with E-state index in [0.717, 1.165) is 31.6 Å². The van der Waals surface area contributed by atoms with Crippen LogP contribution in [0.25, 0.3) is 11.2 Å². The highest BCUT2D eigenvalue weighted by Crippen LogP contribution is 2.26. The van der Waals surface area contributed by atoms with Crippen LogP contribution in [0.15, 0.2) is 30.5 Å². The average molecular weight is 255 g/mol. The Balaban J connectivity index is 2.15. The Morgan fingerprint density at radius 1 is 1.37 bits per heavy atom. The molecular weight excluding hydrogens is 234 g/mol. The van der Waals surface area contributed by atoms with Crippen LogP contribution in [0.2, 0.25) is 0 Å². The number of hydrogen-bond acceptors (Lipinski definition) is 2. The summed E-state index contributed by atoms with van der Waals surface area (Å²) in [7, 11) is 0. The van der Waals surface area contributed by atoms with Crippen molar-refractivity contribution in [3.8, 4) is 0 Å². The monoisotopic (exact) mass is 255 g/mol. The molecule has 3 rings (SSSR count). The second kappa shape index (κ2) is 5.17. The lowest BCUT2D eigenvalue weighted by atomic mass is 9.99. The van der Waals surface area contributed by atoms with Crippen molar-refractivity contribution in [1.29, 1.82) is 0 Å². The van der Waals surface area contributed by atoms with Crippen LogP contribution >= 0.6 is 0 Å². The van der Waals surface area contributed by atoms with E-state index in [1.165, 1.54) is 17.0 Å². The van der Waals surface area contributed by atoms with Crippen LogP contribution < -0.4 is 5.32 Å². The van der Waals surface area contributed by atoms with Gasteiger partial charge in [-0.05, 0) is 43.0 Å². The summed E-state index contributed by atoms with van der Waals surface area (Å²) in [5, 5.41) is 3.38. The van der Waals surface area contributed by atoms with E-state index >= 15 is 0 Å². The first-order valence-electron chi connectivity index (χ1n) is 7.12. The van der Waals surface area contributed by atoms with E-state index in [-0.39, 0.29) is 0 Å². The summed E-state index contributed by atoms with van der Waals surface area (Å²) < 4.78 is 2.24. The van der Waals surface area contributed by atoms with E-state index in [9.17, 15) is 0 Å². The van der Waals surface area contributed by atoms with Crippen molar-refractivity contribution in [3.63, 3.8) is 0 Å². The van der Waals surface area contributed by atoms with E-state index in [1.54, 1.807) is 0 Å². The highest BCUT2D eigenvalue weighted by molar-refractivity contribution is 5.69. The van der Waals surface area contributed by atoms with Crippen molar-refractivity contribution in [2.24, 2.45) is 5.92 Å². The van der Waals surface area contributed by atoms with Crippen molar-refractivity contribution in [2.45, 2.75) is 26.7 Å². The summed E-state index contributed by atoms with van der Waals surface area (Å²) in [4.78, 5) is 4.83. The molecule has 0 bridgehead atoms. The molecule has 0 fully saturated rings. The van der Waals surface area contributed by atoms with Crippen molar-refractivity contribution >= 4 is 11.2 Å². The molecule has 0 aromatic carbocycles. The second-order valence-electron chi connectivity index (χ2n) is 5.62. The van der Waals surface area contributed by atoms with Gasteiger partial charge in [-0.1, -0.05) is 26.0 Å². The van der Waals surface area contributed by atoms with Gasteiger partial charge < -0.3 is 5.32 Å². The molecule has 1 aliphatic heterocycles. The van der Waals surface area contributed by atoms with Gasteiger partial charge in [0.05, 0.1) is 11.4 Å². The topological polar surface area (TPSA) is 29.3 Å². The molecule has 3 heterocycles. The SMILES string of the molecule is CC(C)Cc1nc2ccccn2c1C1=CCNCC1. The molecule has 0 amide bonds. The summed E-state index contributed by atoms with van der Waals surface area (Å²) in [6, 6.07) is 6.23. The number of nitrogens with zero attached hydrogens (tertiary/aromatic N) is 2. The molecule has 3 heteroatoms. The number of rotatable bonds is 3. The first-order valence-corrected chi connectivity index (χ1v) is 7.12. The molecule has 0 spiro atoms. The highest BCUT2D eigenvalue weighted by atomic mass is 15.0. The van der Waals surface area contributed by atoms with Crippen molar-refractivity contribution in [3.05, 3.63) is 41.9 Å². The highest BCUT2D eigenvalue weighted by Gasteiger charge is 2.17. The molecular formula is C16H21N3. The van der Waals surface area contributed by atoms with Gasteiger partial charge in [0.25, 0.3) is 0 Å². The first-order chi connectivity index (χ1) is 9.25. The van der Waals surface area contributed by atoms with Crippen LogP contribution in [0.4, 0.5) is 0 Å². The van der Waals surface area contributed by atoms with E-state index in [0.29, 0.717) is 5.92 Å². The third-order valence-corrected chi connectivity index (χ3v) is 3.57. The van der Waals surface area contributed by atoms with Crippen LogP contribution in [0.3, 0.4) is 0 Å². The molecule has 2 aromatic heterocycles. The zero-order chi connectivity index (χ0) is 13.2. The summed E-state index contributed by atoms with van der Waals surface area (Å²) in [6.45, 7) is 6.54. The maximum atomic E-state index is 4.83. The zero-order valence-electron chi connectivity index (χ0n) is 11.7. The van der Waals surface area contributed by atoms with E-state index in [2.05, 4.69) is 54.0 Å². The van der Waals surface area contributed by atoms with Crippen LogP contribution in [0.1, 0.15) is 31.7 Å². The lowest BCUT2D eigenvalue weighted by molar-refractivity contribution is 0.635. The largest absolute Gasteiger partial charge is 0.313 e. The fraction of sp³-hybridized carbons (Fsp3) is 0.438. The molecule has 0 unspecified atom stereocenters. The van der Waals surface area contributed by atoms with Gasteiger partial charge >= 0.3 is 0 Å². The lowest BCUT2D eigenvalue weighted by Gasteiger charge is -2.15. The summed E-state index contributed by atoms with van der Waals surface area (Å²) >= 11 is 0. The summed E-state index contributed by atoms with van der Waals surface area (Å²) in [6.07, 6.45) is 6.57. The minimum Gasteiger partial charge on any atom is -0.313 e. The molecule has 0 radical (unpaired) electrons. The van der Waals surface area contributed by atoms with E-state index < -0.39 is 0 Å². The first kappa shape index (κ1) is 12.4. The van der Waals surface area contributed by atoms with E-state index in [1.807, 2.05) is 0 Å². The number of imidazole rings is 1. The number of fused-ring (bicyclic) bond motifs is 1. The minimum atomic E-state index is 0.631. The smallest absolute Gasteiger partial charge is 0.137 e. The Labute approximate surface area is 114 Å². The third kappa shape index (κ3) is 2.43. The Kier molecular flexibility index (Phi) is 3.38. The van der Waals surface area contributed by atoms with Gasteiger partial charge in [0.1, 0.15) is 5.65 Å². The maximum absolute atomic E-state index is 4.83. The molecule has 100 valence electrons. The molecule has 0 saturated carbocycles. The van der Waals surface area contributed by atoms with Crippen molar-refractivity contribution in [2.75, 3.05) is 13.1 Å². The average Bonchev–Trinajstić information content (AvgIpc) is 2.76. The Bertz CT molecular complexity index is 607. The molecule has 2 aromatic rings. The van der Waals surface area contributed by atoms with E-state index in [4.69, 9.17) is 4.98 Å². The minimum absolute atomic E-state index is 0.631.